The largest absolute Gasteiger partial charge is 0.545 e. The van der Waals surface area contributed by atoms with Crippen LogP contribution in [-0.2, 0) is 16.4 Å². The van der Waals surface area contributed by atoms with Crippen LogP contribution < -0.4 is 9.84 Å². The zero-order valence-corrected chi connectivity index (χ0v) is 14.1. The lowest BCUT2D eigenvalue weighted by molar-refractivity contribution is -0.255. The van der Waals surface area contributed by atoms with E-state index in [4.69, 9.17) is 4.74 Å². The molecule has 0 saturated heterocycles. The van der Waals surface area contributed by atoms with Crippen molar-refractivity contribution in [2.45, 2.75) is 11.3 Å². The van der Waals surface area contributed by atoms with Crippen molar-refractivity contribution in [2.24, 2.45) is 0 Å². The first kappa shape index (κ1) is 17.9. The molecule has 2 rings (SSSR count). The Morgan fingerprint density at radius 1 is 1.29 bits per heavy atom. The fourth-order valence-electron chi connectivity index (χ4n) is 2.11. The number of carbonyl (C=O) groups excluding carboxylic acids is 1. The maximum absolute atomic E-state index is 12.7. The van der Waals surface area contributed by atoms with Crippen LogP contribution in [0, 0.1) is 0 Å². The van der Waals surface area contributed by atoms with Crippen LogP contribution >= 0.6 is 0 Å². The van der Waals surface area contributed by atoms with E-state index >= 15 is 0 Å². The van der Waals surface area contributed by atoms with E-state index in [-0.39, 0.29) is 22.8 Å². The maximum Gasteiger partial charge on any atom is 0.246 e. The van der Waals surface area contributed by atoms with Gasteiger partial charge in [-0.2, -0.15) is 0 Å². The Kier molecular flexibility index (Phi) is 5.53. The predicted molar refractivity (Wildman–Crippen MR) is 85.1 cm³/mol. The lowest BCUT2D eigenvalue weighted by Gasteiger charge is -2.19. The van der Waals surface area contributed by atoms with E-state index in [0.717, 1.165) is 16.1 Å². The van der Waals surface area contributed by atoms with Crippen LogP contribution in [0.2, 0.25) is 0 Å². The maximum atomic E-state index is 12.7. The highest BCUT2D eigenvalue weighted by Crippen LogP contribution is 2.27. The minimum atomic E-state index is -3.92. The topological polar surface area (TPSA) is 99.6 Å². The van der Waals surface area contributed by atoms with Gasteiger partial charge in [0.2, 0.25) is 10.0 Å². The second-order valence-corrected chi connectivity index (χ2v) is 7.06. The van der Waals surface area contributed by atoms with Crippen molar-refractivity contribution in [1.29, 1.82) is 0 Å². The molecule has 24 heavy (non-hydrogen) atoms. The molecule has 0 radical (unpaired) electrons. The third-order valence-electron chi connectivity index (χ3n) is 3.50. The molecule has 0 aliphatic heterocycles. The van der Waals surface area contributed by atoms with E-state index in [0.29, 0.717) is 6.42 Å². The predicted octanol–water partition coefficient (Wildman–Crippen LogP) is 0.317. The molecule has 0 spiro atoms. The monoisotopic (exact) mass is 349 g/mol. The minimum Gasteiger partial charge on any atom is -0.545 e. The lowest BCUT2D eigenvalue weighted by Crippen LogP contribution is -2.30. The van der Waals surface area contributed by atoms with Gasteiger partial charge in [0, 0.05) is 31.9 Å². The van der Waals surface area contributed by atoms with Crippen LogP contribution in [0.4, 0.5) is 0 Å². The first-order valence-electron chi connectivity index (χ1n) is 7.12. The molecule has 0 fully saturated rings. The zero-order chi connectivity index (χ0) is 17.7. The molecular weight excluding hydrogens is 332 g/mol. The molecule has 1 heterocycles. The van der Waals surface area contributed by atoms with Gasteiger partial charge in [0.25, 0.3) is 0 Å². The highest BCUT2D eigenvalue weighted by Gasteiger charge is 2.25. The molecule has 8 heteroatoms. The number of nitrogens with zero attached hydrogens (tertiary/aromatic N) is 2. The van der Waals surface area contributed by atoms with Crippen LogP contribution in [0.3, 0.4) is 0 Å². The summed E-state index contributed by atoms with van der Waals surface area (Å²) in [6.07, 6.45) is 2.06. The Labute approximate surface area is 140 Å². The highest BCUT2D eigenvalue weighted by molar-refractivity contribution is 7.89. The summed E-state index contributed by atoms with van der Waals surface area (Å²) in [5.74, 6) is -1.38. The van der Waals surface area contributed by atoms with Crippen molar-refractivity contribution in [3.8, 4) is 5.75 Å². The second-order valence-electron chi connectivity index (χ2n) is 5.05. The number of likely N-dealkylation sites (N-methyl/N-ethyl adjacent to an activating group) is 1. The summed E-state index contributed by atoms with van der Waals surface area (Å²) >= 11 is 0. The molecule has 0 amide bonds. The van der Waals surface area contributed by atoms with Crippen molar-refractivity contribution in [1.82, 2.24) is 9.29 Å². The summed E-state index contributed by atoms with van der Waals surface area (Å²) in [7, 11) is -1.18. The second kappa shape index (κ2) is 7.41. The van der Waals surface area contributed by atoms with Crippen LogP contribution in [0.5, 0.6) is 5.75 Å². The van der Waals surface area contributed by atoms with Crippen molar-refractivity contribution >= 4 is 16.0 Å². The summed E-state index contributed by atoms with van der Waals surface area (Å²) in [6.45, 7) is 0.193. The van der Waals surface area contributed by atoms with Gasteiger partial charge in [0.05, 0.1) is 13.1 Å². The van der Waals surface area contributed by atoms with Crippen molar-refractivity contribution in [2.75, 3.05) is 20.7 Å². The number of carboxylic acids is 1. The van der Waals surface area contributed by atoms with E-state index in [1.807, 2.05) is 6.07 Å². The van der Waals surface area contributed by atoms with E-state index in [1.165, 1.54) is 26.3 Å². The number of aromatic carboxylic acids is 1. The molecule has 128 valence electrons. The van der Waals surface area contributed by atoms with Gasteiger partial charge in [-0.1, -0.05) is 6.07 Å². The molecule has 2 aromatic rings. The summed E-state index contributed by atoms with van der Waals surface area (Å²) in [5.41, 5.74) is 0.530. The Morgan fingerprint density at radius 3 is 2.62 bits per heavy atom. The molecule has 0 N–H and O–H groups in total. The molecular formula is C16H17N2O5S-. The van der Waals surface area contributed by atoms with E-state index < -0.39 is 16.0 Å². The fraction of sp³-hybridized carbons (Fsp3) is 0.250. The average Bonchev–Trinajstić information content (AvgIpc) is 2.59. The molecule has 0 atom stereocenters. The molecule has 7 nitrogen and oxygen atoms in total. The summed E-state index contributed by atoms with van der Waals surface area (Å²) in [5, 5.41) is 11.0. The lowest BCUT2D eigenvalue weighted by atomic mass is 10.2. The summed E-state index contributed by atoms with van der Waals surface area (Å²) in [4.78, 5) is 14.9. The first-order chi connectivity index (χ1) is 11.4. The van der Waals surface area contributed by atoms with Crippen LogP contribution in [0.25, 0.3) is 0 Å². The third-order valence-corrected chi connectivity index (χ3v) is 5.37. The Balaban J connectivity index is 2.28. The van der Waals surface area contributed by atoms with Crippen molar-refractivity contribution < 1.29 is 23.1 Å². The smallest absolute Gasteiger partial charge is 0.246 e. The number of carboxylic acid groups (broad SMARTS) is 1. The summed E-state index contributed by atoms with van der Waals surface area (Å²) < 4.78 is 31.6. The number of hydrogen-bond donors (Lipinski definition) is 0. The number of rotatable bonds is 7. The van der Waals surface area contributed by atoms with Gasteiger partial charge in [0.15, 0.2) is 0 Å². The highest BCUT2D eigenvalue weighted by atomic mass is 32.2. The number of benzene rings is 1. The Morgan fingerprint density at radius 2 is 2.04 bits per heavy atom. The number of sulfonamides is 1. The van der Waals surface area contributed by atoms with E-state index in [9.17, 15) is 18.3 Å². The number of aromatic nitrogens is 1. The SMILES string of the molecule is COc1ccc(C(=O)[O-])cc1S(=O)(=O)N(C)CCc1ccccn1. The van der Waals surface area contributed by atoms with Gasteiger partial charge < -0.3 is 14.6 Å². The molecule has 0 aliphatic carbocycles. The number of pyridine rings is 1. The number of carbonyl (C=O) groups is 1. The van der Waals surface area contributed by atoms with Gasteiger partial charge in [-0.15, -0.1) is 0 Å². The fourth-order valence-corrected chi connectivity index (χ4v) is 3.46. The summed E-state index contributed by atoms with van der Waals surface area (Å²) in [6, 6.07) is 8.98. The Hall–Kier alpha value is -2.45. The van der Waals surface area contributed by atoms with Gasteiger partial charge >= 0.3 is 0 Å². The Bertz CT molecular complexity index is 822. The first-order valence-corrected chi connectivity index (χ1v) is 8.56. The van der Waals surface area contributed by atoms with Gasteiger partial charge in [-0.05, 0) is 35.9 Å². The molecule has 0 saturated carbocycles. The number of methoxy groups -OCH3 is 1. The molecule has 0 bridgehead atoms. The van der Waals surface area contributed by atoms with Crippen LogP contribution in [-0.4, -0.2) is 44.4 Å². The van der Waals surface area contributed by atoms with E-state index in [1.54, 1.807) is 18.3 Å². The van der Waals surface area contributed by atoms with Gasteiger partial charge in [-0.25, -0.2) is 12.7 Å². The van der Waals surface area contributed by atoms with Gasteiger partial charge in [0.1, 0.15) is 10.6 Å². The van der Waals surface area contributed by atoms with Crippen molar-refractivity contribution in [3.63, 3.8) is 0 Å². The molecule has 0 aliphatic rings. The van der Waals surface area contributed by atoms with E-state index in [2.05, 4.69) is 4.98 Å². The van der Waals surface area contributed by atoms with Crippen molar-refractivity contribution in [3.05, 3.63) is 53.9 Å². The number of ether oxygens (including phenoxy) is 1. The van der Waals surface area contributed by atoms with Gasteiger partial charge in [-0.3, -0.25) is 4.98 Å². The normalized spacial score (nSPS) is 11.5. The number of hydrogen-bond acceptors (Lipinski definition) is 6. The molecule has 1 aromatic carbocycles. The molecule has 1 aromatic heterocycles. The third kappa shape index (κ3) is 3.90. The average molecular weight is 349 g/mol. The quantitative estimate of drug-likeness (QED) is 0.714. The van der Waals surface area contributed by atoms with Crippen LogP contribution in [0.1, 0.15) is 16.1 Å². The van der Waals surface area contributed by atoms with Crippen LogP contribution in [0.15, 0.2) is 47.5 Å². The minimum absolute atomic E-state index is 0.0738. The molecule has 0 unspecified atom stereocenters. The zero-order valence-electron chi connectivity index (χ0n) is 13.3. The standard InChI is InChI=1S/C16H18N2O5S/c1-18(10-8-13-5-3-4-9-17-13)24(21,22)15-11-12(16(19)20)6-7-14(15)23-2/h3-7,9,11H,8,10H2,1-2H3,(H,19,20)/p-1.